The molecule has 3 heteroatoms. The van der Waals surface area contributed by atoms with Crippen molar-refractivity contribution in [1.82, 2.24) is 10.2 Å². The van der Waals surface area contributed by atoms with Crippen LogP contribution in [0.25, 0.3) is 0 Å². The molecule has 0 aromatic heterocycles. The van der Waals surface area contributed by atoms with Gasteiger partial charge in [0.05, 0.1) is 12.1 Å². The largest absolute Gasteiger partial charge is 0.331 e. The van der Waals surface area contributed by atoms with Gasteiger partial charge in [-0.05, 0) is 73.3 Å². The first-order valence-corrected chi connectivity index (χ1v) is 9.86. The molecule has 0 heterocycles. The third-order valence-electron chi connectivity index (χ3n) is 6.10. The maximum atomic E-state index is 12.8. The number of rotatable bonds is 3. The van der Waals surface area contributed by atoms with Crippen molar-refractivity contribution < 1.29 is 4.79 Å². The van der Waals surface area contributed by atoms with Gasteiger partial charge in [-0.2, -0.15) is 0 Å². The molecule has 2 amide bonds. The van der Waals surface area contributed by atoms with Gasteiger partial charge in [0.25, 0.3) is 0 Å². The Morgan fingerprint density at radius 2 is 1.81 bits per heavy atom. The maximum absolute atomic E-state index is 12.8. The summed E-state index contributed by atoms with van der Waals surface area (Å²) in [5.41, 5.74) is 6.83. The molecule has 0 radical (unpaired) electrons. The number of aryl methyl sites for hydroxylation is 3. The lowest BCUT2D eigenvalue weighted by Gasteiger charge is -2.28. The number of hydrogen-bond acceptors (Lipinski definition) is 1. The zero-order valence-electron chi connectivity index (χ0n) is 15.8. The molecule has 136 valence electrons. The highest BCUT2D eigenvalue weighted by Gasteiger charge is 2.29. The summed E-state index contributed by atoms with van der Waals surface area (Å²) in [6.07, 6.45) is 7.01. The molecule has 2 aromatic carbocycles. The minimum Gasteiger partial charge on any atom is -0.331 e. The lowest BCUT2D eigenvalue weighted by atomic mass is 9.89. The second-order valence-corrected chi connectivity index (χ2v) is 7.77. The minimum absolute atomic E-state index is 0.0110. The molecule has 2 aliphatic rings. The van der Waals surface area contributed by atoms with E-state index in [1.165, 1.54) is 53.5 Å². The van der Waals surface area contributed by atoms with Crippen LogP contribution in [0.2, 0.25) is 0 Å². The Labute approximate surface area is 156 Å². The van der Waals surface area contributed by atoms with Crippen LogP contribution in [0.4, 0.5) is 4.79 Å². The van der Waals surface area contributed by atoms with Crippen molar-refractivity contribution in [2.45, 2.75) is 57.5 Å². The van der Waals surface area contributed by atoms with Gasteiger partial charge in [0.15, 0.2) is 0 Å². The summed E-state index contributed by atoms with van der Waals surface area (Å²) >= 11 is 0. The van der Waals surface area contributed by atoms with E-state index in [9.17, 15) is 4.79 Å². The van der Waals surface area contributed by atoms with Crippen molar-refractivity contribution in [2.75, 3.05) is 7.05 Å². The van der Waals surface area contributed by atoms with Crippen LogP contribution in [-0.4, -0.2) is 18.0 Å². The van der Waals surface area contributed by atoms with Gasteiger partial charge in [0.1, 0.15) is 0 Å². The quantitative estimate of drug-likeness (QED) is 0.836. The molecule has 2 aromatic rings. The van der Waals surface area contributed by atoms with Gasteiger partial charge in [-0.1, -0.05) is 42.5 Å². The van der Waals surface area contributed by atoms with E-state index in [0.717, 1.165) is 12.8 Å². The summed E-state index contributed by atoms with van der Waals surface area (Å²) in [4.78, 5) is 14.7. The van der Waals surface area contributed by atoms with Crippen LogP contribution >= 0.6 is 0 Å². The van der Waals surface area contributed by atoms with E-state index in [4.69, 9.17) is 0 Å². The number of nitrogens with one attached hydrogen (secondary N) is 1. The van der Waals surface area contributed by atoms with Crippen molar-refractivity contribution in [1.29, 1.82) is 0 Å². The van der Waals surface area contributed by atoms with Crippen LogP contribution in [0.1, 0.15) is 66.1 Å². The number of benzene rings is 2. The topological polar surface area (TPSA) is 32.3 Å². The smallest absolute Gasteiger partial charge is 0.318 e. The Morgan fingerprint density at radius 3 is 2.65 bits per heavy atom. The van der Waals surface area contributed by atoms with Crippen LogP contribution < -0.4 is 5.32 Å². The fourth-order valence-corrected chi connectivity index (χ4v) is 4.47. The molecule has 4 rings (SSSR count). The van der Waals surface area contributed by atoms with Gasteiger partial charge in [0, 0.05) is 7.05 Å². The first-order chi connectivity index (χ1) is 12.6. The molecule has 0 aliphatic heterocycles. The van der Waals surface area contributed by atoms with E-state index in [1.54, 1.807) is 0 Å². The summed E-state index contributed by atoms with van der Waals surface area (Å²) in [5, 5.41) is 3.20. The fraction of sp³-hybridized carbons (Fsp3) is 0.435. The summed E-state index contributed by atoms with van der Waals surface area (Å²) in [6, 6.07) is 15.4. The van der Waals surface area contributed by atoms with Gasteiger partial charge in [-0.15, -0.1) is 0 Å². The van der Waals surface area contributed by atoms with Crippen molar-refractivity contribution >= 4 is 6.03 Å². The van der Waals surface area contributed by atoms with Crippen molar-refractivity contribution in [3.63, 3.8) is 0 Å². The lowest BCUT2D eigenvalue weighted by molar-refractivity contribution is 0.187. The number of carbonyl (C=O) groups is 1. The Bertz CT molecular complexity index is 814. The minimum atomic E-state index is 0.0110. The third-order valence-corrected chi connectivity index (χ3v) is 6.10. The highest BCUT2D eigenvalue weighted by atomic mass is 16.2. The van der Waals surface area contributed by atoms with Gasteiger partial charge in [-0.3, -0.25) is 0 Å². The second kappa shape index (κ2) is 7.14. The van der Waals surface area contributed by atoms with Crippen LogP contribution in [0.3, 0.4) is 0 Å². The molecule has 0 unspecified atom stereocenters. The molecule has 1 N–H and O–H groups in total. The number of hydrogen-bond donors (Lipinski definition) is 1. The van der Waals surface area contributed by atoms with Gasteiger partial charge >= 0.3 is 6.03 Å². The lowest BCUT2D eigenvalue weighted by Crippen LogP contribution is -2.40. The van der Waals surface area contributed by atoms with Gasteiger partial charge < -0.3 is 10.2 Å². The highest BCUT2D eigenvalue weighted by molar-refractivity contribution is 5.75. The molecule has 0 fully saturated rings. The maximum Gasteiger partial charge on any atom is 0.318 e. The number of amides is 2. The predicted octanol–water partition coefficient (Wildman–Crippen LogP) is 4.96. The standard InChI is InChI=1S/C23H28N2O/c1-16(19-12-11-17-7-3-4-9-20(17)15-19)24-23(26)25(2)22-14-13-18-8-5-6-10-21(18)22/h5-6,8,10-12,15-16,22H,3-4,7,9,13-14H2,1-2H3,(H,24,26)/t16-,22-/m0/s1. The average Bonchev–Trinajstić information content (AvgIpc) is 3.11. The fourth-order valence-electron chi connectivity index (χ4n) is 4.47. The summed E-state index contributed by atoms with van der Waals surface area (Å²) < 4.78 is 0. The summed E-state index contributed by atoms with van der Waals surface area (Å²) in [7, 11) is 1.92. The Morgan fingerprint density at radius 1 is 1.04 bits per heavy atom. The summed E-state index contributed by atoms with van der Waals surface area (Å²) in [6.45, 7) is 2.08. The molecular weight excluding hydrogens is 320 g/mol. The molecule has 0 saturated heterocycles. The SMILES string of the molecule is C[C@H](NC(=O)N(C)[C@H]1CCc2ccccc21)c1ccc2c(c1)CCCC2. The molecule has 2 atom stereocenters. The predicted molar refractivity (Wildman–Crippen MR) is 105 cm³/mol. The summed E-state index contributed by atoms with van der Waals surface area (Å²) in [5.74, 6) is 0. The monoisotopic (exact) mass is 348 g/mol. The first kappa shape index (κ1) is 17.1. The average molecular weight is 348 g/mol. The van der Waals surface area contributed by atoms with Crippen LogP contribution in [0, 0.1) is 0 Å². The number of urea groups is 1. The third kappa shape index (κ3) is 3.23. The molecular formula is C23H28N2O. The van der Waals surface area contributed by atoms with E-state index >= 15 is 0 Å². The Balaban J connectivity index is 1.44. The van der Waals surface area contributed by atoms with Crippen LogP contribution in [0.5, 0.6) is 0 Å². The Hall–Kier alpha value is -2.29. The van der Waals surface area contributed by atoms with Crippen molar-refractivity contribution in [3.8, 4) is 0 Å². The van der Waals surface area contributed by atoms with E-state index in [0.29, 0.717) is 0 Å². The molecule has 0 saturated carbocycles. The Kier molecular flexibility index (Phi) is 4.71. The van der Waals surface area contributed by atoms with E-state index < -0.39 is 0 Å². The zero-order chi connectivity index (χ0) is 18.1. The first-order valence-electron chi connectivity index (χ1n) is 9.86. The molecule has 3 nitrogen and oxygen atoms in total. The van der Waals surface area contributed by atoms with E-state index in [1.807, 2.05) is 11.9 Å². The van der Waals surface area contributed by atoms with Gasteiger partial charge in [-0.25, -0.2) is 4.79 Å². The van der Waals surface area contributed by atoms with E-state index in [2.05, 4.69) is 54.7 Å². The molecule has 0 bridgehead atoms. The normalized spacial score (nSPS) is 19.4. The van der Waals surface area contributed by atoms with Crippen molar-refractivity contribution in [2.24, 2.45) is 0 Å². The van der Waals surface area contributed by atoms with E-state index in [-0.39, 0.29) is 18.1 Å². The zero-order valence-corrected chi connectivity index (χ0v) is 15.8. The van der Waals surface area contributed by atoms with Crippen molar-refractivity contribution in [3.05, 3.63) is 70.3 Å². The number of carbonyl (C=O) groups excluding carboxylic acids is 1. The van der Waals surface area contributed by atoms with Crippen LogP contribution in [0.15, 0.2) is 42.5 Å². The number of nitrogens with zero attached hydrogens (tertiary/aromatic N) is 1. The second-order valence-electron chi connectivity index (χ2n) is 7.77. The molecule has 0 spiro atoms. The molecule has 2 aliphatic carbocycles. The highest BCUT2D eigenvalue weighted by Crippen LogP contribution is 2.35. The molecule has 26 heavy (non-hydrogen) atoms. The van der Waals surface area contributed by atoms with Gasteiger partial charge in [0.2, 0.25) is 0 Å². The number of fused-ring (bicyclic) bond motifs is 2. The van der Waals surface area contributed by atoms with Crippen LogP contribution in [-0.2, 0) is 19.3 Å².